The number of aromatic nitrogens is 3. The Kier molecular flexibility index (Phi) is 7.91. The Bertz CT molecular complexity index is 1390. The molecule has 194 valence electrons. The van der Waals surface area contributed by atoms with Gasteiger partial charge >= 0.3 is 0 Å². The molecule has 2 heterocycles. The molecule has 0 unspecified atom stereocenters. The zero-order chi connectivity index (χ0) is 26.5. The number of benzene rings is 2. The lowest BCUT2D eigenvalue weighted by atomic mass is 10.1. The van der Waals surface area contributed by atoms with Crippen molar-refractivity contribution in [3.8, 4) is 5.75 Å². The molecule has 1 N–H and O–H groups in total. The van der Waals surface area contributed by atoms with Crippen LogP contribution in [0, 0.1) is 19.8 Å². The fourth-order valence-corrected chi connectivity index (χ4v) is 4.20. The van der Waals surface area contributed by atoms with E-state index in [1.165, 1.54) is 16.7 Å². The van der Waals surface area contributed by atoms with Crippen LogP contribution in [-0.4, -0.2) is 40.5 Å². The fraction of sp³-hybridized carbons (Fsp3) is 0.357. The Balaban J connectivity index is 1.81. The van der Waals surface area contributed by atoms with Gasteiger partial charge in [0.05, 0.1) is 18.3 Å². The first-order valence-corrected chi connectivity index (χ1v) is 12.4. The van der Waals surface area contributed by atoms with Gasteiger partial charge in [-0.05, 0) is 68.1 Å². The molecule has 9 nitrogen and oxygen atoms in total. The molecule has 2 amide bonds. The Hall–Kier alpha value is -4.14. The van der Waals surface area contributed by atoms with Gasteiger partial charge in [-0.3, -0.25) is 14.5 Å². The van der Waals surface area contributed by atoms with E-state index in [2.05, 4.69) is 29.5 Å². The maximum atomic E-state index is 14.1. The lowest BCUT2D eigenvalue weighted by molar-refractivity contribution is -0.127. The SMILES string of the molecule is COc1ccc(C)cc1N(C(=O)Cn1nnc2ccccc21)[C@H](C(=O)NCCC(C)C)c1ccc(C)o1. The molecule has 0 bridgehead atoms. The van der Waals surface area contributed by atoms with Crippen molar-refractivity contribution in [3.05, 3.63) is 71.7 Å². The second-order valence-electron chi connectivity index (χ2n) is 9.50. The molecule has 9 heteroatoms. The van der Waals surface area contributed by atoms with Gasteiger partial charge in [-0.1, -0.05) is 37.3 Å². The zero-order valence-corrected chi connectivity index (χ0v) is 21.9. The van der Waals surface area contributed by atoms with E-state index in [-0.39, 0.29) is 18.4 Å². The summed E-state index contributed by atoms with van der Waals surface area (Å²) in [5.41, 5.74) is 2.78. The Labute approximate surface area is 216 Å². The lowest BCUT2D eigenvalue weighted by Gasteiger charge is -2.31. The second-order valence-corrected chi connectivity index (χ2v) is 9.50. The second kappa shape index (κ2) is 11.3. The average Bonchev–Trinajstić information content (AvgIpc) is 3.48. The molecule has 0 aliphatic rings. The third kappa shape index (κ3) is 5.82. The van der Waals surface area contributed by atoms with Crippen LogP contribution in [0.1, 0.15) is 43.4 Å². The first-order chi connectivity index (χ1) is 17.8. The highest BCUT2D eigenvalue weighted by Gasteiger charge is 2.37. The summed E-state index contributed by atoms with van der Waals surface area (Å²) >= 11 is 0. The molecule has 0 radical (unpaired) electrons. The van der Waals surface area contributed by atoms with E-state index >= 15 is 0 Å². The topological polar surface area (TPSA) is 102 Å². The molecule has 0 aliphatic heterocycles. The highest BCUT2D eigenvalue weighted by molar-refractivity contribution is 6.02. The van der Waals surface area contributed by atoms with Gasteiger partial charge in [-0.15, -0.1) is 5.10 Å². The van der Waals surface area contributed by atoms with Crippen LogP contribution in [-0.2, 0) is 16.1 Å². The van der Waals surface area contributed by atoms with E-state index in [9.17, 15) is 9.59 Å². The van der Waals surface area contributed by atoms with E-state index in [1.54, 1.807) is 25.1 Å². The Morgan fingerprint density at radius 1 is 1.11 bits per heavy atom. The number of anilines is 1. The molecular formula is C28H33N5O4. The highest BCUT2D eigenvalue weighted by Crippen LogP contribution is 2.36. The predicted molar refractivity (Wildman–Crippen MR) is 141 cm³/mol. The monoisotopic (exact) mass is 503 g/mol. The quantitative estimate of drug-likeness (QED) is 0.340. The van der Waals surface area contributed by atoms with Gasteiger partial charge in [0.15, 0.2) is 6.04 Å². The summed E-state index contributed by atoms with van der Waals surface area (Å²) in [4.78, 5) is 29.3. The predicted octanol–water partition coefficient (Wildman–Crippen LogP) is 4.59. The summed E-state index contributed by atoms with van der Waals surface area (Å²) in [6.45, 7) is 8.26. The minimum absolute atomic E-state index is 0.132. The highest BCUT2D eigenvalue weighted by atomic mass is 16.5. The summed E-state index contributed by atoms with van der Waals surface area (Å²) in [5, 5.41) is 11.4. The van der Waals surface area contributed by atoms with E-state index in [1.807, 2.05) is 43.3 Å². The van der Waals surface area contributed by atoms with Gasteiger partial charge in [0.25, 0.3) is 5.91 Å². The van der Waals surface area contributed by atoms with Crippen molar-refractivity contribution in [3.63, 3.8) is 0 Å². The number of fused-ring (bicyclic) bond motifs is 1. The summed E-state index contributed by atoms with van der Waals surface area (Å²) in [5.74, 6) is 1.18. The summed E-state index contributed by atoms with van der Waals surface area (Å²) < 4.78 is 13.1. The van der Waals surface area contributed by atoms with E-state index in [4.69, 9.17) is 9.15 Å². The van der Waals surface area contributed by atoms with Crippen molar-refractivity contribution in [1.82, 2.24) is 20.3 Å². The number of aryl methyl sites for hydroxylation is 2. The van der Waals surface area contributed by atoms with Crippen molar-refractivity contribution in [2.45, 2.75) is 46.7 Å². The number of amides is 2. The number of carbonyl (C=O) groups excluding carboxylic acids is 2. The number of hydrogen-bond acceptors (Lipinski definition) is 6. The minimum Gasteiger partial charge on any atom is -0.495 e. The number of nitrogens with zero attached hydrogens (tertiary/aromatic N) is 4. The average molecular weight is 504 g/mol. The molecule has 1 atom stereocenters. The molecule has 0 spiro atoms. The van der Waals surface area contributed by atoms with Crippen molar-refractivity contribution >= 4 is 28.5 Å². The fourth-order valence-electron chi connectivity index (χ4n) is 4.20. The molecular weight excluding hydrogens is 470 g/mol. The van der Waals surface area contributed by atoms with Crippen LogP contribution in [0.5, 0.6) is 5.75 Å². The summed E-state index contributed by atoms with van der Waals surface area (Å²) in [6.07, 6.45) is 0.808. The van der Waals surface area contributed by atoms with Crippen LogP contribution in [0.15, 0.2) is 59.0 Å². The molecule has 37 heavy (non-hydrogen) atoms. The van der Waals surface area contributed by atoms with Crippen molar-refractivity contribution < 1.29 is 18.7 Å². The number of hydrogen-bond donors (Lipinski definition) is 1. The van der Waals surface area contributed by atoms with Crippen LogP contribution in [0.4, 0.5) is 5.69 Å². The molecule has 0 saturated heterocycles. The summed E-state index contributed by atoms with van der Waals surface area (Å²) in [6, 6.07) is 15.4. The van der Waals surface area contributed by atoms with Gasteiger partial charge in [0.2, 0.25) is 5.91 Å². The number of ether oxygens (including phenoxy) is 1. The smallest absolute Gasteiger partial charge is 0.251 e. The van der Waals surface area contributed by atoms with Gasteiger partial charge in [0, 0.05) is 6.54 Å². The zero-order valence-electron chi connectivity index (χ0n) is 21.9. The first-order valence-electron chi connectivity index (χ1n) is 12.4. The van der Waals surface area contributed by atoms with Crippen molar-refractivity contribution in [2.75, 3.05) is 18.6 Å². The van der Waals surface area contributed by atoms with Crippen LogP contribution in [0.3, 0.4) is 0 Å². The van der Waals surface area contributed by atoms with Crippen LogP contribution >= 0.6 is 0 Å². The number of methoxy groups -OCH3 is 1. The Morgan fingerprint density at radius 3 is 2.59 bits per heavy atom. The third-order valence-corrected chi connectivity index (χ3v) is 6.13. The first kappa shape index (κ1) is 25.9. The van der Waals surface area contributed by atoms with Crippen LogP contribution in [0.25, 0.3) is 11.0 Å². The molecule has 0 fully saturated rings. The van der Waals surface area contributed by atoms with Gasteiger partial charge in [-0.2, -0.15) is 0 Å². The minimum atomic E-state index is -1.06. The maximum Gasteiger partial charge on any atom is 0.251 e. The molecule has 0 saturated carbocycles. The number of nitrogens with one attached hydrogen (secondary N) is 1. The lowest BCUT2D eigenvalue weighted by Crippen LogP contribution is -2.45. The van der Waals surface area contributed by atoms with Crippen LogP contribution < -0.4 is 15.0 Å². The molecule has 4 rings (SSSR count). The van der Waals surface area contributed by atoms with E-state index < -0.39 is 6.04 Å². The van der Waals surface area contributed by atoms with Gasteiger partial charge in [-0.25, -0.2) is 4.68 Å². The van der Waals surface area contributed by atoms with Crippen molar-refractivity contribution in [1.29, 1.82) is 0 Å². The number of furan rings is 1. The molecule has 4 aromatic rings. The molecule has 2 aromatic carbocycles. The number of rotatable bonds is 10. The summed E-state index contributed by atoms with van der Waals surface area (Å²) in [7, 11) is 1.54. The van der Waals surface area contributed by atoms with Gasteiger partial charge < -0.3 is 14.5 Å². The number of para-hydroxylation sites is 1. The van der Waals surface area contributed by atoms with E-state index in [0.29, 0.717) is 40.9 Å². The molecule has 2 aromatic heterocycles. The van der Waals surface area contributed by atoms with Crippen molar-refractivity contribution in [2.24, 2.45) is 5.92 Å². The Morgan fingerprint density at radius 2 is 1.89 bits per heavy atom. The third-order valence-electron chi connectivity index (χ3n) is 6.13. The largest absolute Gasteiger partial charge is 0.495 e. The maximum absolute atomic E-state index is 14.1. The van der Waals surface area contributed by atoms with E-state index in [0.717, 1.165) is 17.5 Å². The number of carbonyl (C=O) groups is 2. The molecule has 0 aliphatic carbocycles. The van der Waals surface area contributed by atoms with Crippen LogP contribution in [0.2, 0.25) is 0 Å². The normalized spacial score (nSPS) is 12.1. The standard InChI is InChI=1S/C28H33N5O4/c1-18(2)14-15-29-28(35)27(25-13-11-20(4)37-25)33(23-16-19(3)10-12-24(23)36-5)26(34)17-32-22-9-7-6-8-21(22)30-31-32/h6-13,16,18,27H,14-15,17H2,1-5H3,(H,29,35)/t27-/m0/s1. The van der Waals surface area contributed by atoms with Gasteiger partial charge in [0.1, 0.15) is 29.3 Å².